The Kier molecular flexibility index (Phi) is 3.75. The molecule has 1 atom stereocenters. The van der Waals surface area contributed by atoms with E-state index in [4.69, 9.17) is 0 Å². The monoisotopic (exact) mass is 318 g/mol. The Labute approximate surface area is 134 Å². The molecule has 0 aromatic carbocycles. The van der Waals surface area contributed by atoms with Crippen LogP contribution in [0.3, 0.4) is 0 Å². The second kappa shape index (κ2) is 5.89. The zero-order valence-corrected chi connectivity index (χ0v) is 13.6. The minimum Gasteiger partial charge on any atom is -0.352 e. The Morgan fingerprint density at radius 3 is 3.14 bits per heavy atom. The lowest BCUT2D eigenvalue weighted by molar-refractivity contribution is 0.321. The molecule has 118 valence electrons. The maximum Gasteiger partial charge on any atom is 0.193 e. The number of thiazole rings is 1. The van der Waals surface area contributed by atoms with Gasteiger partial charge in [-0.1, -0.05) is 0 Å². The van der Waals surface area contributed by atoms with Crippen LogP contribution in [0.2, 0.25) is 0 Å². The van der Waals surface area contributed by atoms with Crippen molar-refractivity contribution < 1.29 is 0 Å². The summed E-state index contributed by atoms with van der Waals surface area (Å²) in [4.78, 5) is 12.6. The fourth-order valence-electron chi connectivity index (χ4n) is 3.10. The molecule has 1 saturated carbocycles. The third kappa shape index (κ3) is 2.96. The highest BCUT2D eigenvalue weighted by Crippen LogP contribution is 2.29. The van der Waals surface area contributed by atoms with Gasteiger partial charge in [-0.15, -0.1) is 11.3 Å². The minimum absolute atomic E-state index is 0.511. The topological polar surface area (TPSA) is 57.0 Å². The maximum absolute atomic E-state index is 4.58. The molecule has 1 unspecified atom stereocenters. The molecule has 22 heavy (non-hydrogen) atoms. The predicted octanol–water partition coefficient (Wildman–Crippen LogP) is 1.30. The molecular formula is C15H22N6S. The third-order valence-electron chi connectivity index (χ3n) is 4.43. The molecule has 2 aromatic rings. The van der Waals surface area contributed by atoms with E-state index in [1.54, 1.807) is 11.3 Å². The van der Waals surface area contributed by atoms with Crippen molar-refractivity contribution in [3.8, 4) is 0 Å². The second-order valence-electron chi connectivity index (χ2n) is 6.11. The van der Waals surface area contributed by atoms with Crippen LogP contribution in [-0.2, 0) is 6.54 Å². The maximum atomic E-state index is 4.58. The summed E-state index contributed by atoms with van der Waals surface area (Å²) in [5.41, 5.74) is 1.04. The van der Waals surface area contributed by atoms with E-state index in [2.05, 4.69) is 36.1 Å². The Morgan fingerprint density at radius 2 is 2.36 bits per heavy atom. The van der Waals surface area contributed by atoms with Gasteiger partial charge in [0.15, 0.2) is 10.9 Å². The van der Waals surface area contributed by atoms with Crippen LogP contribution in [0.1, 0.15) is 25.0 Å². The Morgan fingerprint density at radius 1 is 1.45 bits per heavy atom. The summed E-state index contributed by atoms with van der Waals surface area (Å²) in [6.07, 6.45) is 8.08. The van der Waals surface area contributed by atoms with Gasteiger partial charge in [-0.25, -0.2) is 4.98 Å². The van der Waals surface area contributed by atoms with Crippen LogP contribution in [0.25, 0.3) is 4.96 Å². The molecule has 1 aliphatic carbocycles. The fourth-order valence-corrected chi connectivity index (χ4v) is 3.82. The highest BCUT2D eigenvalue weighted by Gasteiger charge is 2.34. The van der Waals surface area contributed by atoms with Gasteiger partial charge in [0.1, 0.15) is 0 Å². The molecule has 2 aliphatic rings. The number of nitrogens with zero attached hydrogens (tertiary/aromatic N) is 4. The van der Waals surface area contributed by atoms with Crippen molar-refractivity contribution in [2.24, 2.45) is 4.99 Å². The number of fused-ring (bicyclic) bond motifs is 1. The van der Waals surface area contributed by atoms with Crippen LogP contribution in [0, 0.1) is 0 Å². The number of aliphatic imine (C=N–C) groups is 1. The van der Waals surface area contributed by atoms with Crippen molar-refractivity contribution in [1.82, 2.24) is 24.9 Å². The minimum atomic E-state index is 0.511. The van der Waals surface area contributed by atoms with Gasteiger partial charge in [0.05, 0.1) is 12.2 Å². The van der Waals surface area contributed by atoms with E-state index in [-0.39, 0.29) is 0 Å². The number of nitrogens with one attached hydrogen (secondary N) is 2. The summed E-state index contributed by atoms with van der Waals surface area (Å²) in [5, 5.41) is 8.96. The van der Waals surface area contributed by atoms with Crippen LogP contribution >= 0.6 is 11.3 Å². The number of imidazole rings is 1. The molecule has 0 radical (unpaired) electrons. The molecule has 6 nitrogen and oxygen atoms in total. The van der Waals surface area contributed by atoms with Crippen LogP contribution < -0.4 is 10.6 Å². The summed E-state index contributed by atoms with van der Waals surface area (Å²) < 4.78 is 2.06. The predicted molar refractivity (Wildman–Crippen MR) is 89.4 cm³/mol. The lowest BCUT2D eigenvalue weighted by Gasteiger charge is -2.18. The lowest BCUT2D eigenvalue weighted by atomic mass is 10.3. The summed E-state index contributed by atoms with van der Waals surface area (Å²) in [6.45, 7) is 3.06. The van der Waals surface area contributed by atoms with Crippen molar-refractivity contribution in [3.05, 3.63) is 23.5 Å². The third-order valence-corrected chi connectivity index (χ3v) is 5.20. The zero-order chi connectivity index (χ0) is 14.9. The highest BCUT2D eigenvalue weighted by atomic mass is 32.1. The normalized spacial score (nSPS) is 23.3. The number of hydrogen-bond acceptors (Lipinski definition) is 4. The van der Waals surface area contributed by atoms with E-state index in [0.717, 1.165) is 29.2 Å². The van der Waals surface area contributed by atoms with Gasteiger partial charge in [-0.2, -0.15) is 0 Å². The van der Waals surface area contributed by atoms with E-state index in [1.165, 1.54) is 25.8 Å². The Hall–Kier alpha value is -1.60. The number of rotatable bonds is 4. The average molecular weight is 318 g/mol. The van der Waals surface area contributed by atoms with Crippen LogP contribution in [0.15, 0.2) is 22.8 Å². The van der Waals surface area contributed by atoms with Crippen LogP contribution in [0.4, 0.5) is 0 Å². The summed E-state index contributed by atoms with van der Waals surface area (Å²) in [5.74, 6) is 0.874. The van der Waals surface area contributed by atoms with E-state index in [9.17, 15) is 0 Å². The summed E-state index contributed by atoms with van der Waals surface area (Å²) in [6, 6.07) is 1.37. The van der Waals surface area contributed by atoms with E-state index >= 15 is 0 Å². The van der Waals surface area contributed by atoms with Gasteiger partial charge in [0.2, 0.25) is 0 Å². The highest BCUT2D eigenvalue weighted by molar-refractivity contribution is 7.15. The SMILES string of the molecule is CN=C(NCc1cn2ccsc2n1)NC1CCN(C2CC2)C1. The quantitative estimate of drug-likeness (QED) is 0.659. The first-order chi connectivity index (χ1) is 10.8. The lowest BCUT2D eigenvalue weighted by Crippen LogP contribution is -2.44. The van der Waals surface area contributed by atoms with Gasteiger partial charge in [0.25, 0.3) is 0 Å². The molecule has 1 saturated heterocycles. The first-order valence-corrected chi connectivity index (χ1v) is 8.82. The van der Waals surface area contributed by atoms with Gasteiger partial charge in [-0.3, -0.25) is 14.3 Å². The number of likely N-dealkylation sites (tertiary alicyclic amines) is 1. The van der Waals surface area contributed by atoms with Gasteiger partial charge < -0.3 is 10.6 Å². The largest absolute Gasteiger partial charge is 0.352 e. The average Bonchev–Trinajstić information content (AvgIpc) is 2.94. The van der Waals surface area contributed by atoms with Gasteiger partial charge >= 0.3 is 0 Å². The molecule has 3 heterocycles. The summed E-state index contributed by atoms with van der Waals surface area (Å²) in [7, 11) is 1.83. The summed E-state index contributed by atoms with van der Waals surface area (Å²) >= 11 is 1.66. The van der Waals surface area contributed by atoms with Crippen molar-refractivity contribution in [2.45, 2.75) is 37.9 Å². The molecule has 2 N–H and O–H groups in total. The van der Waals surface area contributed by atoms with Crippen molar-refractivity contribution >= 4 is 22.3 Å². The number of aromatic nitrogens is 2. The molecule has 2 aromatic heterocycles. The van der Waals surface area contributed by atoms with Crippen molar-refractivity contribution in [2.75, 3.05) is 20.1 Å². The molecule has 1 aliphatic heterocycles. The van der Waals surface area contributed by atoms with Crippen LogP contribution in [-0.4, -0.2) is 52.5 Å². The molecule has 0 bridgehead atoms. The molecule has 0 spiro atoms. The van der Waals surface area contributed by atoms with E-state index in [0.29, 0.717) is 12.6 Å². The molecule has 2 fully saturated rings. The van der Waals surface area contributed by atoms with Gasteiger partial charge in [0, 0.05) is 50.0 Å². The first kappa shape index (κ1) is 14.0. The number of hydrogen-bond donors (Lipinski definition) is 2. The van der Waals surface area contributed by atoms with E-state index in [1.807, 2.05) is 18.6 Å². The Balaban J connectivity index is 1.29. The molecule has 0 amide bonds. The molecule has 7 heteroatoms. The molecule has 4 rings (SSSR count). The Bertz CT molecular complexity index is 642. The van der Waals surface area contributed by atoms with E-state index < -0.39 is 0 Å². The number of guanidine groups is 1. The van der Waals surface area contributed by atoms with Crippen molar-refractivity contribution in [1.29, 1.82) is 0 Å². The fraction of sp³-hybridized carbons (Fsp3) is 0.600. The first-order valence-electron chi connectivity index (χ1n) is 7.94. The van der Waals surface area contributed by atoms with Gasteiger partial charge in [-0.05, 0) is 19.3 Å². The smallest absolute Gasteiger partial charge is 0.193 e. The van der Waals surface area contributed by atoms with Crippen LogP contribution in [0.5, 0.6) is 0 Å². The molecular weight excluding hydrogens is 296 g/mol. The zero-order valence-electron chi connectivity index (χ0n) is 12.8. The van der Waals surface area contributed by atoms with Crippen molar-refractivity contribution in [3.63, 3.8) is 0 Å². The standard InChI is InChI=1S/C15H22N6S/c1-16-14(18-11-4-5-20(9-11)13-2-3-13)17-8-12-10-21-6-7-22-15(21)19-12/h6-7,10-11,13H,2-5,8-9H2,1H3,(H2,16,17,18). The second-order valence-corrected chi connectivity index (χ2v) is 6.98.